The van der Waals surface area contributed by atoms with Gasteiger partial charge in [0.05, 0.1) is 5.69 Å². The van der Waals surface area contributed by atoms with Crippen LogP contribution in [0.25, 0.3) is 10.6 Å². The molecule has 0 atom stereocenters. The number of benzene rings is 1. The average Bonchev–Trinajstić information content (AvgIpc) is 3.35. The Balaban J connectivity index is 1.46. The fourth-order valence-corrected chi connectivity index (χ4v) is 5.51. The maximum absolute atomic E-state index is 5.98. The summed E-state index contributed by atoms with van der Waals surface area (Å²) in [5, 5.41) is 13.9. The maximum atomic E-state index is 5.98. The maximum Gasteiger partial charge on any atom is 0.191 e. The van der Waals surface area contributed by atoms with Crippen molar-refractivity contribution in [1.82, 2.24) is 19.7 Å². The monoisotopic (exact) mass is 430 g/mol. The Hall–Kier alpha value is -1.63. The minimum atomic E-state index is 0.534. The van der Waals surface area contributed by atoms with Gasteiger partial charge in [-0.25, -0.2) is 4.98 Å². The molecule has 1 aliphatic carbocycles. The zero-order valence-electron chi connectivity index (χ0n) is 15.7. The molecule has 0 N–H and O–H groups in total. The lowest BCUT2D eigenvalue weighted by molar-refractivity contribution is 0.415. The van der Waals surface area contributed by atoms with E-state index in [1.54, 1.807) is 23.1 Å². The van der Waals surface area contributed by atoms with Gasteiger partial charge in [-0.05, 0) is 25.0 Å². The Bertz CT molecular complexity index is 926. The predicted molar refractivity (Wildman–Crippen MR) is 118 cm³/mol. The Labute approximate surface area is 179 Å². The lowest BCUT2D eigenvalue weighted by atomic mass is 9.89. The molecule has 0 radical (unpaired) electrons. The number of thioether (sulfide) groups is 1. The van der Waals surface area contributed by atoms with Gasteiger partial charge in [0.25, 0.3) is 0 Å². The quantitative estimate of drug-likeness (QED) is 0.313. The highest BCUT2D eigenvalue weighted by Crippen LogP contribution is 2.34. The number of hydrogen-bond acceptors (Lipinski definition) is 5. The van der Waals surface area contributed by atoms with Crippen LogP contribution in [0.1, 0.15) is 49.5 Å². The van der Waals surface area contributed by atoms with Crippen molar-refractivity contribution in [3.63, 3.8) is 0 Å². The molecule has 2 aromatic heterocycles. The van der Waals surface area contributed by atoms with E-state index in [2.05, 4.69) is 26.7 Å². The van der Waals surface area contributed by atoms with Gasteiger partial charge in [0.15, 0.2) is 5.16 Å². The summed E-state index contributed by atoms with van der Waals surface area (Å²) in [5.41, 5.74) is 2.16. The first-order valence-electron chi connectivity index (χ1n) is 9.61. The van der Waals surface area contributed by atoms with Crippen molar-refractivity contribution in [1.29, 1.82) is 0 Å². The lowest BCUT2D eigenvalue weighted by Crippen LogP contribution is -2.12. The van der Waals surface area contributed by atoms with Crippen molar-refractivity contribution < 1.29 is 0 Å². The highest BCUT2D eigenvalue weighted by atomic mass is 35.5. The normalized spacial score (nSPS) is 15.0. The van der Waals surface area contributed by atoms with E-state index < -0.39 is 0 Å². The van der Waals surface area contributed by atoms with Gasteiger partial charge in [0.1, 0.15) is 10.8 Å². The molecule has 0 unspecified atom stereocenters. The van der Waals surface area contributed by atoms with E-state index in [-0.39, 0.29) is 0 Å². The first-order valence-corrected chi connectivity index (χ1v) is 11.9. The standard InChI is InChI=1S/C21H23ClN4S2/c1-2-12-26-19(15-6-4-3-5-7-15)24-25-21(26)28-14-18-13-27-20(23-18)16-8-10-17(22)11-9-16/h2,8-11,13,15H,1,3-7,12,14H2. The largest absolute Gasteiger partial charge is 0.302 e. The third-order valence-electron chi connectivity index (χ3n) is 5.02. The molecule has 146 valence electrons. The first kappa shape index (κ1) is 19.7. The average molecular weight is 431 g/mol. The van der Waals surface area contributed by atoms with Crippen molar-refractivity contribution in [2.24, 2.45) is 0 Å². The fraction of sp³-hybridized carbons (Fsp3) is 0.381. The molecule has 0 amide bonds. The zero-order chi connectivity index (χ0) is 19.3. The Morgan fingerprint density at radius 1 is 1.18 bits per heavy atom. The molecule has 3 aromatic rings. The number of thiazole rings is 1. The molecule has 7 heteroatoms. The summed E-state index contributed by atoms with van der Waals surface area (Å²) in [6.45, 7) is 4.68. The summed E-state index contributed by atoms with van der Waals surface area (Å²) >= 11 is 9.34. The van der Waals surface area contributed by atoms with Gasteiger partial charge in [-0.15, -0.1) is 28.1 Å². The molecule has 1 saturated carbocycles. The molecule has 1 aliphatic rings. The molecule has 1 aromatic carbocycles. The molecule has 2 heterocycles. The van der Waals surface area contributed by atoms with E-state index in [0.717, 1.165) is 44.6 Å². The first-order chi connectivity index (χ1) is 13.7. The molecular formula is C21H23ClN4S2. The number of rotatable bonds is 7. The van der Waals surface area contributed by atoms with Crippen LogP contribution in [-0.2, 0) is 12.3 Å². The number of halogens is 1. The van der Waals surface area contributed by atoms with Gasteiger partial charge in [-0.2, -0.15) is 0 Å². The van der Waals surface area contributed by atoms with Crippen LogP contribution in [-0.4, -0.2) is 19.7 Å². The van der Waals surface area contributed by atoms with Crippen molar-refractivity contribution in [2.75, 3.05) is 0 Å². The van der Waals surface area contributed by atoms with E-state index in [1.165, 1.54) is 32.1 Å². The van der Waals surface area contributed by atoms with Gasteiger partial charge >= 0.3 is 0 Å². The van der Waals surface area contributed by atoms with Gasteiger partial charge in [-0.3, -0.25) is 0 Å². The molecule has 0 spiro atoms. The molecule has 28 heavy (non-hydrogen) atoms. The minimum Gasteiger partial charge on any atom is -0.302 e. The number of nitrogens with zero attached hydrogens (tertiary/aromatic N) is 4. The van der Waals surface area contributed by atoms with E-state index in [0.29, 0.717) is 5.92 Å². The molecule has 1 fully saturated rings. The molecule has 0 aliphatic heterocycles. The highest BCUT2D eigenvalue weighted by molar-refractivity contribution is 7.98. The van der Waals surface area contributed by atoms with Crippen molar-refractivity contribution in [3.8, 4) is 10.6 Å². The summed E-state index contributed by atoms with van der Waals surface area (Å²) in [5.74, 6) is 2.44. The Morgan fingerprint density at radius 3 is 2.71 bits per heavy atom. The summed E-state index contributed by atoms with van der Waals surface area (Å²) in [6, 6.07) is 7.82. The van der Waals surface area contributed by atoms with E-state index in [1.807, 2.05) is 30.3 Å². The molecule has 4 rings (SSSR count). The second kappa shape index (κ2) is 9.25. The van der Waals surface area contributed by atoms with Gasteiger partial charge < -0.3 is 4.57 Å². The molecule has 0 saturated heterocycles. The summed E-state index contributed by atoms with van der Waals surface area (Å²) in [4.78, 5) is 4.77. The second-order valence-electron chi connectivity index (χ2n) is 7.01. The van der Waals surface area contributed by atoms with Crippen molar-refractivity contribution in [3.05, 3.63) is 58.8 Å². The predicted octanol–water partition coefficient (Wildman–Crippen LogP) is 6.58. The van der Waals surface area contributed by atoms with Crippen LogP contribution in [0.4, 0.5) is 0 Å². The number of allylic oxidation sites excluding steroid dienone is 1. The Kier molecular flexibility index (Phi) is 6.50. The minimum absolute atomic E-state index is 0.534. The van der Waals surface area contributed by atoms with Gasteiger partial charge in [0.2, 0.25) is 0 Å². The SMILES string of the molecule is C=CCn1c(SCc2csc(-c3ccc(Cl)cc3)n2)nnc1C1CCCCC1. The van der Waals surface area contributed by atoms with Crippen LogP contribution in [0, 0.1) is 0 Å². The van der Waals surface area contributed by atoms with E-state index in [4.69, 9.17) is 16.6 Å². The van der Waals surface area contributed by atoms with Crippen LogP contribution >= 0.6 is 34.7 Å². The second-order valence-corrected chi connectivity index (χ2v) is 9.25. The third kappa shape index (κ3) is 4.50. The molecular weight excluding hydrogens is 408 g/mol. The number of hydrogen-bond donors (Lipinski definition) is 0. The Morgan fingerprint density at radius 2 is 1.96 bits per heavy atom. The zero-order valence-corrected chi connectivity index (χ0v) is 18.1. The van der Waals surface area contributed by atoms with Gasteiger partial charge in [0, 0.05) is 34.2 Å². The van der Waals surface area contributed by atoms with Crippen LogP contribution < -0.4 is 0 Å². The van der Waals surface area contributed by atoms with E-state index >= 15 is 0 Å². The van der Waals surface area contributed by atoms with Crippen molar-refractivity contribution in [2.45, 2.75) is 55.5 Å². The molecule has 4 nitrogen and oxygen atoms in total. The number of aromatic nitrogens is 4. The van der Waals surface area contributed by atoms with Crippen LogP contribution in [0.5, 0.6) is 0 Å². The summed E-state index contributed by atoms with van der Waals surface area (Å²) in [7, 11) is 0. The lowest BCUT2D eigenvalue weighted by Gasteiger charge is -2.21. The molecule has 0 bridgehead atoms. The van der Waals surface area contributed by atoms with Gasteiger partial charge in [-0.1, -0.05) is 60.8 Å². The van der Waals surface area contributed by atoms with Crippen LogP contribution in [0.2, 0.25) is 5.02 Å². The summed E-state index contributed by atoms with van der Waals surface area (Å²) < 4.78 is 2.24. The third-order valence-corrected chi connectivity index (χ3v) is 7.21. The fourth-order valence-electron chi connectivity index (χ4n) is 3.61. The topological polar surface area (TPSA) is 43.6 Å². The smallest absolute Gasteiger partial charge is 0.191 e. The van der Waals surface area contributed by atoms with Crippen LogP contribution in [0.15, 0.2) is 47.5 Å². The van der Waals surface area contributed by atoms with E-state index in [9.17, 15) is 0 Å². The van der Waals surface area contributed by atoms with Crippen LogP contribution in [0.3, 0.4) is 0 Å². The summed E-state index contributed by atoms with van der Waals surface area (Å²) in [6.07, 6.45) is 8.29. The highest BCUT2D eigenvalue weighted by Gasteiger charge is 2.23. The van der Waals surface area contributed by atoms with Crippen molar-refractivity contribution >= 4 is 34.7 Å².